The molecule has 2 aromatic carbocycles. The molecule has 0 bridgehead atoms. The molecule has 1 heterocycles. The van der Waals surface area contributed by atoms with Crippen molar-refractivity contribution >= 4 is 34.2 Å². The second kappa shape index (κ2) is 8.56. The topological polar surface area (TPSA) is 50.8 Å². The lowest BCUT2D eigenvalue weighted by Gasteiger charge is -2.25. The van der Waals surface area contributed by atoms with Crippen LogP contribution in [-0.2, 0) is 0 Å². The molecule has 7 heteroatoms. The average molecular weight is 428 g/mol. The van der Waals surface area contributed by atoms with Crippen molar-refractivity contribution in [2.75, 3.05) is 27.4 Å². The minimum absolute atomic E-state index is 0. The quantitative estimate of drug-likeness (QED) is 0.792. The van der Waals surface area contributed by atoms with Gasteiger partial charge in [0.25, 0.3) is 5.91 Å². The van der Waals surface area contributed by atoms with Crippen molar-refractivity contribution in [2.45, 2.75) is 6.04 Å². The zero-order valence-electron chi connectivity index (χ0n) is 14.0. The summed E-state index contributed by atoms with van der Waals surface area (Å²) < 4.78 is 11.6. The second-order valence-electron chi connectivity index (χ2n) is 5.78. The van der Waals surface area contributed by atoms with Gasteiger partial charge in [0.05, 0.1) is 11.6 Å². The monoisotopic (exact) mass is 426 g/mol. The molecule has 0 radical (unpaired) electrons. The van der Waals surface area contributed by atoms with Crippen LogP contribution in [0, 0.1) is 0 Å². The Hall–Kier alpha value is -1.76. The molecule has 1 aliphatic heterocycles. The smallest absolute Gasteiger partial charge is 0.252 e. The number of ether oxygens (including phenoxy) is 2. The summed E-state index contributed by atoms with van der Waals surface area (Å²) >= 11 is 3.41. The maximum Gasteiger partial charge on any atom is 0.252 e. The van der Waals surface area contributed by atoms with Gasteiger partial charge in [0, 0.05) is 11.0 Å². The van der Waals surface area contributed by atoms with Crippen molar-refractivity contribution in [1.29, 1.82) is 0 Å². The summed E-state index contributed by atoms with van der Waals surface area (Å²) in [6.45, 7) is 0.747. The maximum absolute atomic E-state index is 12.4. The van der Waals surface area contributed by atoms with Crippen molar-refractivity contribution in [3.8, 4) is 11.5 Å². The van der Waals surface area contributed by atoms with Crippen LogP contribution >= 0.6 is 28.3 Å². The highest BCUT2D eigenvalue weighted by Gasteiger charge is 2.20. The van der Waals surface area contributed by atoms with Gasteiger partial charge in [-0.15, -0.1) is 12.4 Å². The molecule has 5 nitrogen and oxygen atoms in total. The van der Waals surface area contributed by atoms with E-state index in [1.54, 1.807) is 6.07 Å². The van der Waals surface area contributed by atoms with Crippen LogP contribution in [0.25, 0.3) is 0 Å². The number of likely N-dealkylation sites (N-methyl/N-ethyl adjacent to an activating group) is 1. The number of rotatable bonds is 5. The fourth-order valence-electron chi connectivity index (χ4n) is 2.65. The molecule has 0 saturated carbocycles. The molecule has 134 valence electrons. The van der Waals surface area contributed by atoms with E-state index in [4.69, 9.17) is 9.47 Å². The Morgan fingerprint density at radius 3 is 2.64 bits per heavy atom. The van der Waals surface area contributed by atoms with Gasteiger partial charge in [-0.05, 0) is 59.9 Å². The lowest BCUT2D eigenvalue weighted by molar-refractivity contribution is 0.0941. The predicted molar refractivity (Wildman–Crippen MR) is 103 cm³/mol. The van der Waals surface area contributed by atoms with Crippen LogP contribution in [0.2, 0.25) is 0 Å². The molecule has 3 rings (SSSR count). The molecule has 0 saturated heterocycles. The Morgan fingerprint density at radius 2 is 1.92 bits per heavy atom. The van der Waals surface area contributed by atoms with E-state index in [2.05, 4.69) is 26.1 Å². The highest BCUT2D eigenvalue weighted by molar-refractivity contribution is 9.10. The van der Waals surface area contributed by atoms with E-state index in [9.17, 15) is 4.79 Å². The zero-order chi connectivity index (χ0) is 17.1. The normalized spacial score (nSPS) is 13.3. The number of amides is 1. The summed E-state index contributed by atoms with van der Waals surface area (Å²) in [6, 6.07) is 13.3. The summed E-state index contributed by atoms with van der Waals surface area (Å²) in [5, 5.41) is 3.00. The van der Waals surface area contributed by atoms with Gasteiger partial charge in [0.1, 0.15) is 0 Å². The minimum Gasteiger partial charge on any atom is -0.454 e. The third kappa shape index (κ3) is 4.45. The van der Waals surface area contributed by atoms with E-state index in [0.717, 1.165) is 21.5 Å². The number of halogens is 2. The number of nitrogens with zero attached hydrogens (tertiary/aromatic N) is 1. The molecule has 1 atom stereocenters. The number of hydrogen-bond donors (Lipinski definition) is 1. The van der Waals surface area contributed by atoms with Gasteiger partial charge in [-0.2, -0.15) is 0 Å². The fourth-order valence-corrected chi connectivity index (χ4v) is 3.11. The van der Waals surface area contributed by atoms with E-state index in [0.29, 0.717) is 12.1 Å². The number of carbonyl (C=O) groups excluding carboxylic acids is 1. The largest absolute Gasteiger partial charge is 0.454 e. The van der Waals surface area contributed by atoms with Crippen LogP contribution in [0.1, 0.15) is 22.0 Å². The summed E-state index contributed by atoms with van der Waals surface area (Å²) in [6.07, 6.45) is 0. The Balaban J connectivity index is 0.00000225. The van der Waals surface area contributed by atoms with Crippen LogP contribution in [0.15, 0.2) is 46.9 Å². The van der Waals surface area contributed by atoms with Gasteiger partial charge in [-0.25, -0.2) is 0 Å². The lowest BCUT2D eigenvalue weighted by Crippen LogP contribution is -2.34. The molecule has 0 fully saturated rings. The first-order valence-electron chi connectivity index (χ1n) is 7.65. The third-order valence-corrected chi connectivity index (χ3v) is 4.67. The van der Waals surface area contributed by atoms with Crippen molar-refractivity contribution in [2.24, 2.45) is 0 Å². The molecule has 1 aliphatic rings. The Bertz CT molecular complexity index is 755. The van der Waals surface area contributed by atoms with Crippen LogP contribution in [0.5, 0.6) is 11.5 Å². The number of fused-ring (bicyclic) bond motifs is 1. The fraction of sp³-hybridized carbons (Fsp3) is 0.278. The first-order valence-corrected chi connectivity index (χ1v) is 8.44. The molecular formula is C18H20BrClN2O3. The first-order chi connectivity index (χ1) is 11.6. The van der Waals surface area contributed by atoms with Crippen molar-refractivity contribution in [1.82, 2.24) is 10.2 Å². The van der Waals surface area contributed by atoms with Gasteiger partial charge >= 0.3 is 0 Å². The Labute approximate surface area is 161 Å². The molecule has 0 aromatic heterocycles. The highest BCUT2D eigenvalue weighted by Crippen LogP contribution is 2.35. The number of benzene rings is 2. The number of nitrogens with one attached hydrogen (secondary N) is 1. The highest BCUT2D eigenvalue weighted by atomic mass is 79.9. The van der Waals surface area contributed by atoms with Crippen LogP contribution in [0.3, 0.4) is 0 Å². The summed E-state index contributed by atoms with van der Waals surface area (Å²) in [5.41, 5.74) is 1.69. The van der Waals surface area contributed by atoms with Gasteiger partial charge < -0.3 is 19.7 Å². The van der Waals surface area contributed by atoms with Gasteiger partial charge in [-0.1, -0.05) is 18.2 Å². The van der Waals surface area contributed by atoms with E-state index < -0.39 is 0 Å². The number of hydrogen-bond acceptors (Lipinski definition) is 4. The summed E-state index contributed by atoms with van der Waals surface area (Å²) in [4.78, 5) is 14.5. The van der Waals surface area contributed by atoms with E-state index in [1.807, 2.05) is 50.5 Å². The van der Waals surface area contributed by atoms with E-state index >= 15 is 0 Å². The van der Waals surface area contributed by atoms with Crippen molar-refractivity contribution in [3.05, 3.63) is 58.1 Å². The van der Waals surface area contributed by atoms with E-state index in [1.165, 1.54) is 0 Å². The van der Waals surface area contributed by atoms with E-state index in [-0.39, 0.29) is 31.1 Å². The van der Waals surface area contributed by atoms with Crippen molar-refractivity contribution < 1.29 is 14.3 Å². The Morgan fingerprint density at radius 1 is 1.20 bits per heavy atom. The molecule has 2 aromatic rings. The summed E-state index contributed by atoms with van der Waals surface area (Å²) in [7, 11) is 3.97. The maximum atomic E-state index is 12.4. The number of carbonyl (C=O) groups is 1. The second-order valence-corrected chi connectivity index (χ2v) is 6.64. The average Bonchev–Trinajstić information content (AvgIpc) is 3.02. The molecular weight excluding hydrogens is 408 g/mol. The molecule has 1 N–H and O–H groups in total. The summed E-state index contributed by atoms with van der Waals surface area (Å²) in [5.74, 6) is 1.40. The standard InChI is InChI=1S/C18H19BrN2O3.ClH/c1-21(2)15(12-7-8-16-17(9-12)24-11-23-16)10-20-18(22)13-5-3-4-6-14(13)19;/h3-9,15H,10-11H2,1-2H3,(H,20,22);1H. The first kappa shape index (κ1) is 19.6. The van der Waals surface area contributed by atoms with Crippen LogP contribution < -0.4 is 14.8 Å². The Kier molecular flexibility index (Phi) is 6.70. The predicted octanol–water partition coefficient (Wildman–Crippen LogP) is 3.63. The van der Waals surface area contributed by atoms with Crippen LogP contribution in [0.4, 0.5) is 0 Å². The van der Waals surface area contributed by atoms with Gasteiger partial charge in [0.2, 0.25) is 6.79 Å². The third-order valence-electron chi connectivity index (χ3n) is 3.98. The molecule has 1 unspecified atom stereocenters. The molecule has 0 spiro atoms. The van der Waals surface area contributed by atoms with Crippen LogP contribution in [-0.4, -0.2) is 38.2 Å². The molecule has 0 aliphatic carbocycles. The molecule has 25 heavy (non-hydrogen) atoms. The van der Waals surface area contributed by atoms with Gasteiger partial charge in [0.15, 0.2) is 11.5 Å². The van der Waals surface area contributed by atoms with Gasteiger partial charge in [-0.3, -0.25) is 4.79 Å². The minimum atomic E-state index is -0.102. The van der Waals surface area contributed by atoms with Crippen molar-refractivity contribution in [3.63, 3.8) is 0 Å². The lowest BCUT2D eigenvalue weighted by atomic mass is 10.0. The SMILES string of the molecule is CN(C)C(CNC(=O)c1ccccc1Br)c1ccc2c(c1)OCO2.Cl. The molecule has 1 amide bonds. The zero-order valence-corrected chi connectivity index (χ0v) is 16.4.